The van der Waals surface area contributed by atoms with Crippen LogP contribution in [0.15, 0.2) is 0 Å². The van der Waals surface area contributed by atoms with Gasteiger partial charge in [0, 0.05) is 19.1 Å². The lowest BCUT2D eigenvalue weighted by Crippen LogP contribution is -2.26. The SMILES string of the molecule is CCN(CC)c1c(N)c(C)nn1C(C)C. The topological polar surface area (TPSA) is 47.1 Å². The normalized spacial score (nSPS) is 11.1. The highest BCUT2D eigenvalue weighted by Gasteiger charge is 2.18. The fourth-order valence-electron chi connectivity index (χ4n) is 1.75. The van der Waals surface area contributed by atoms with Gasteiger partial charge in [0.05, 0.1) is 11.4 Å². The molecule has 1 rings (SSSR count). The molecule has 0 fully saturated rings. The molecular formula is C11H22N4. The minimum absolute atomic E-state index is 0.344. The Bertz CT molecular complexity index is 324. The fourth-order valence-corrected chi connectivity index (χ4v) is 1.75. The lowest BCUT2D eigenvalue weighted by molar-refractivity contribution is 0.524. The highest BCUT2D eigenvalue weighted by Crippen LogP contribution is 2.28. The van der Waals surface area contributed by atoms with Gasteiger partial charge in [-0.25, -0.2) is 4.68 Å². The lowest BCUT2D eigenvalue weighted by atomic mass is 10.3. The van der Waals surface area contributed by atoms with E-state index in [2.05, 4.69) is 37.7 Å². The Balaban J connectivity index is 3.23. The lowest BCUT2D eigenvalue weighted by Gasteiger charge is -2.24. The average molecular weight is 210 g/mol. The summed E-state index contributed by atoms with van der Waals surface area (Å²) >= 11 is 0. The maximum atomic E-state index is 6.07. The summed E-state index contributed by atoms with van der Waals surface area (Å²) in [5.41, 5.74) is 7.80. The van der Waals surface area contributed by atoms with Crippen LogP contribution in [0, 0.1) is 6.92 Å². The van der Waals surface area contributed by atoms with Gasteiger partial charge in [0.15, 0.2) is 5.82 Å². The number of nitrogens with two attached hydrogens (primary N) is 1. The predicted molar refractivity (Wildman–Crippen MR) is 65.3 cm³/mol. The van der Waals surface area contributed by atoms with Crippen molar-refractivity contribution in [2.24, 2.45) is 0 Å². The zero-order valence-corrected chi connectivity index (χ0v) is 10.4. The fraction of sp³-hybridized carbons (Fsp3) is 0.727. The van der Waals surface area contributed by atoms with Gasteiger partial charge >= 0.3 is 0 Å². The quantitative estimate of drug-likeness (QED) is 0.828. The Labute approximate surface area is 92.1 Å². The molecule has 0 amide bonds. The van der Waals surface area contributed by atoms with Crippen LogP contribution in [0.2, 0.25) is 0 Å². The van der Waals surface area contributed by atoms with Gasteiger partial charge in [-0.3, -0.25) is 0 Å². The van der Waals surface area contributed by atoms with Crippen molar-refractivity contribution in [3.05, 3.63) is 5.69 Å². The van der Waals surface area contributed by atoms with Crippen molar-refractivity contribution in [2.45, 2.75) is 40.7 Å². The van der Waals surface area contributed by atoms with Gasteiger partial charge in [-0.2, -0.15) is 5.10 Å². The second kappa shape index (κ2) is 4.55. The summed E-state index contributed by atoms with van der Waals surface area (Å²) in [5, 5.41) is 4.48. The van der Waals surface area contributed by atoms with E-state index in [9.17, 15) is 0 Å². The standard InChI is InChI=1S/C11H22N4/c1-6-14(7-2)11-10(12)9(5)13-15(11)8(3)4/h8H,6-7,12H2,1-5H3. The maximum absolute atomic E-state index is 6.07. The van der Waals surface area contributed by atoms with Crippen molar-refractivity contribution in [1.29, 1.82) is 0 Å². The van der Waals surface area contributed by atoms with Crippen LogP contribution in [-0.4, -0.2) is 22.9 Å². The van der Waals surface area contributed by atoms with Gasteiger partial charge in [-0.15, -0.1) is 0 Å². The molecule has 0 aliphatic heterocycles. The zero-order chi connectivity index (χ0) is 11.6. The number of aryl methyl sites for hydroxylation is 1. The molecule has 0 atom stereocenters. The summed E-state index contributed by atoms with van der Waals surface area (Å²) in [7, 11) is 0. The molecule has 0 bridgehead atoms. The summed E-state index contributed by atoms with van der Waals surface area (Å²) in [6, 6.07) is 0.344. The van der Waals surface area contributed by atoms with E-state index in [1.807, 2.05) is 11.6 Å². The van der Waals surface area contributed by atoms with E-state index in [-0.39, 0.29) is 0 Å². The van der Waals surface area contributed by atoms with Crippen LogP contribution < -0.4 is 10.6 Å². The van der Waals surface area contributed by atoms with Crippen molar-refractivity contribution in [1.82, 2.24) is 9.78 Å². The van der Waals surface area contributed by atoms with E-state index in [0.717, 1.165) is 30.3 Å². The van der Waals surface area contributed by atoms with Gasteiger partial charge in [0.25, 0.3) is 0 Å². The van der Waals surface area contributed by atoms with Crippen LogP contribution in [0.25, 0.3) is 0 Å². The number of aromatic nitrogens is 2. The summed E-state index contributed by atoms with van der Waals surface area (Å²) in [6.07, 6.45) is 0. The number of anilines is 2. The summed E-state index contributed by atoms with van der Waals surface area (Å²) < 4.78 is 2.01. The Morgan fingerprint density at radius 1 is 1.33 bits per heavy atom. The highest BCUT2D eigenvalue weighted by atomic mass is 15.4. The van der Waals surface area contributed by atoms with E-state index < -0.39 is 0 Å². The molecule has 0 saturated heterocycles. The third kappa shape index (κ3) is 2.08. The van der Waals surface area contributed by atoms with Crippen LogP contribution in [0.5, 0.6) is 0 Å². The van der Waals surface area contributed by atoms with Crippen LogP contribution in [0.1, 0.15) is 39.4 Å². The summed E-state index contributed by atoms with van der Waals surface area (Å²) in [5.74, 6) is 1.06. The van der Waals surface area contributed by atoms with E-state index in [0.29, 0.717) is 6.04 Å². The monoisotopic (exact) mass is 210 g/mol. The maximum Gasteiger partial charge on any atom is 0.150 e. The molecule has 0 unspecified atom stereocenters. The third-order valence-corrected chi connectivity index (χ3v) is 2.66. The number of nitrogen functional groups attached to an aromatic ring is 1. The van der Waals surface area contributed by atoms with Crippen molar-refractivity contribution < 1.29 is 0 Å². The molecule has 2 N–H and O–H groups in total. The largest absolute Gasteiger partial charge is 0.394 e. The molecule has 0 radical (unpaired) electrons. The van der Waals surface area contributed by atoms with Crippen molar-refractivity contribution >= 4 is 11.5 Å². The second-order valence-corrected chi connectivity index (χ2v) is 4.03. The Morgan fingerprint density at radius 2 is 1.87 bits per heavy atom. The molecule has 0 aliphatic rings. The van der Waals surface area contributed by atoms with Crippen LogP contribution in [0.4, 0.5) is 11.5 Å². The van der Waals surface area contributed by atoms with Gasteiger partial charge in [-0.05, 0) is 34.6 Å². The molecule has 4 heteroatoms. The van der Waals surface area contributed by atoms with Crippen LogP contribution >= 0.6 is 0 Å². The van der Waals surface area contributed by atoms with E-state index in [4.69, 9.17) is 5.73 Å². The first-order valence-corrected chi connectivity index (χ1v) is 5.62. The highest BCUT2D eigenvalue weighted by molar-refractivity contribution is 5.66. The summed E-state index contributed by atoms with van der Waals surface area (Å²) in [6.45, 7) is 12.4. The molecule has 15 heavy (non-hydrogen) atoms. The van der Waals surface area contributed by atoms with E-state index in [1.165, 1.54) is 0 Å². The summed E-state index contributed by atoms with van der Waals surface area (Å²) in [4.78, 5) is 2.25. The van der Waals surface area contributed by atoms with Crippen LogP contribution in [-0.2, 0) is 0 Å². The molecule has 1 aromatic rings. The van der Waals surface area contributed by atoms with Crippen LogP contribution in [0.3, 0.4) is 0 Å². The predicted octanol–water partition coefficient (Wildman–Crippen LogP) is 2.20. The van der Waals surface area contributed by atoms with E-state index >= 15 is 0 Å². The van der Waals surface area contributed by atoms with Gasteiger partial charge in [-0.1, -0.05) is 0 Å². The number of hydrogen-bond acceptors (Lipinski definition) is 3. The number of nitrogens with zero attached hydrogens (tertiary/aromatic N) is 3. The second-order valence-electron chi connectivity index (χ2n) is 4.03. The molecule has 0 aromatic carbocycles. The van der Waals surface area contributed by atoms with Crippen molar-refractivity contribution in [3.63, 3.8) is 0 Å². The third-order valence-electron chi connectivity index (χ3n) is 2.66. The average Bonchev–Trinajstić information content (AvgIpc) is 2.48. The van der Waals surface area contributed by atoms with E-state index in [1.54, 1.807) is 0 Å². The molecular weight excluding hydrogens is 188 g/mol. The Kier molecular flexibility index (Phi) is 3.61. The minimum Gasteiger partial charge on any atom is -0.394 e. The van der Waals surface area contributed by atoms with Crippen molar-refractivity contribution in [3.8, 4) is 0 Å². The number of hydrogen-bond donors (Lipinski definition) is 1. The molecule has 1 aromatic heterocycles. The first-order chi connectivity index (χ1) is 7.02. The molecule has 0 spiro atoms. The van der Waals surface area contributed by atoms with Gasteiger partial charge < -0.3 is 10.6 Å². The Morgan fingerprint density at radius 3 is 2.27 bits per heavy atom. The van der Waals surface area contributed by atoms with Gasteiger partial charge in [0.1, 0.15) is 0 Å². The first-order valence-electron chi connectivity index (χ1n) is 5.62. The first kappa shape index (κ1) is 11.9. The smallest absolute Gasteiger partial charge is 0.150 e. The van der Waals surface area contributed by atoms with Gasteiger partial charge in [0.2, 0.25) is 0 Å². The molecule has 86 valence electrons. The molecule has 1 heterocycles. The number of rotatable bonds is 4. The zero-order valence-electron chi connectivity index (χ0n) is 10.4. The van der Waals surface area contributed by atoms with Crippen molar-refractivity contribution in [2.75, 3.05) is 23.7 Å². The molecule has 4 nitrogen and oxygen atoms in total. The minimum atomic E-state index is 0.344. The Hall–Kier alpha value is -1.19. The molecule has 0 saturated carbocycles. The molecule has 0 aliphatic carbocycles.